The van der Waals surface area contributed by atoms with Crippen LogP contribution >= 0.6 is 0 Å². The lowest BCUT2D eigenvalue weighted by Crippen LogP contribution is -2.37. The van der Waals surface area contributed by atoms with E-state index in [1.54, 1.807) is 0 Å². The Hall–Kier alpha value is -0.870. The molecule has 0 aliphatic carbocycles. The molecule has 2 N–H and O–H groups in total. The number of likely N-dealkylation sites (tertiary alicyclic amines) is 1. The molecular weight excluding hydrogens is 248 g/mol. The van der Waals surface area contributed by atoms with Gasteiger partial charge < -0.3 is 5.73 Å². The summed E-state index contributed by atoms with van der Waals surface area (Å²) in [5.41, 5.74) is 8.68. The van der Waals surface area contributed by atoms with Gasteiger partial charge in [0.1, 0.15) is 0 Å². The molecule has 1 aromatic heterocycles. The van der Waals surface area contributed by atoms with Crippen LogP contribution in [0.1, 0.15) is 58.3 Å². The summed E-state index contributed by atoms with van der Waals surface area (Å²) in [5.74, 6) is 0.758. The van der Waals surface area contributed by atoms with Crippen molar-refractivity contribution in [2.75, 3.05) is 13.1 Å². The highest BCUT2D eigenvalue weighted by Gasteiger charge is 2.35. The number of aryl methyl sites for hydroxylation is 1. The number of nitrogens with zero attached hydrogens (tertiary/aromatic N) is 3. The summed E-state index contributed by atoms with van der Waals surface area (Å²) in [7, 11) is 2.00. The van der Waals surface area contributed by atoms with Crippen molar-refractivity contribution in [1.29, 1.82) is 0 Å². The Morgan fingerprint density at radius 1 is 1.40 bits per heavy atom. The molecule has 1 aliphatic rings. The van der Waals surface area contributed by atoms with Crippen molar-refractivity contribution in [2.45, 2.75) is 58.5 Å². The van der Waals surface area contributed by atoms with E-state index in [1.165, 1.54) is 17.7 Å². The number of rotatable bonds is 3. The summed E-state index contributed by atoms with van der Waals surface area (Å²) in [5, 5.41) is 4.70. The van der Waals surface area contributed by atoms with Crippen molar-refractivity contribution >= 4 is 0 Å². The molecule has 0 spiro atoms. The zero-order valence-electron chi connectivity index (χ0n) is 13.8. The molecule has 3 unspecified atom stereocenters. The maximum atomic E-state index is 6.14. The maximum absolute atomic E-state index is 6.14. The van der Waals surface area contributed by atoms with E-state index in [0.717, 1.165) is 12.5 Å². The molecule has 1 saturated heterocycles. The highest BCUT2D eigenvalue weighted by Crippen LogP contribution is 2.35. The van der Waals surface area contributed by atoms with Gasteiger partial charge in [0.2, 0.25) is 0 Å². The second-order valence-electron chi connectivity index (χ2n) is 7.49. The van der Waals surface area contributed by atoms with Crippen molar-refractivity contribution in [1.82, 2.24) is 14.7 Å². The Balaban J connectivity index is 2.37. The molecule has 0 amide bonds. The van der Waals surface area contributed by atoms with Crippen LogP contribution < -0.4 is 5.73 Å². The van der Waals surface area contributed by atoms with Crippen LogP contribution in [0, 0.1) is 5.92 Å². The zero-order chi connectivity index (χ0) is 15.1. The molecule has 4 heteroatoms. The molecule has 0 bridgehead atoms. The molecule has 1 fully saturated rings. The average Bonchev–Trinajstić information content (AvgIpc) is 2.84. The maximum Gasteiger partial charge on any atom is 0.0726 e. The summed E-state index contributed by atoms with van der Waals surface area (Å²) < 4.78 is 1.93. The standard InChI is InChI=1S/C16H30N4/c1-11-7-12(2)20(9-11)14(8-17)13-10-19(6)18-15(13)16(3,4)5/h10-12,14H,7-9,17H2,1-6H3. The van der Waals surface area contributed by atoms with Gasteiger partial charge in [-0.2, -0.15) is 5.10 Å². The van der Waals surface area contributed by atoms with Crippen LogP contribution in [-0.4, -0.2) is 33.8 Å². The van der Waals surface area contributed by atoms with Gasteiger partial charge in [-0.05, 0) is 19.3 Å². The van der Waals surface area contributed by atoms with Gasteiger partial charge in [-0.25, -0.2) is 0 Å². The van der Waals surface area contributed by atoms with Crippen LogP contribution in [0.15, 0.2) is 6.20 Å². The summed E-state index contributed by atoms with van der Waals surface area (Å²) in [4.78, 5) is 2.57. The minimum absolute atomic E-state index is 0.0542. The first-order chi connectivity index (χ1) is 9.24. The Bertz CT molecular complexity index is 458. The lowest BCUT2D eigenvalue weighted by molar-refractivity contribution is 0.190. The van der Waals surface area contributed by atoms with E-state index in [9.17, 15) is 0 Å². The monoisotopic (exact) mass is 278 g/mol. The van der Waals surface area contributed by atoms with Crippen molar-refractivity contribution in [3.63, 3.8) is 0 Å². The Morgan fingerprint density at radius 2 is 2.05 bits per heavy atom. The highest BCUT2D eigenvalue weighted by atomic mass is 15.3. The molecular formula is C16H30N4. The van der Waals surface area contributed by atoms with Gasteiger partial charge in [0.05, 0.1) is 11.7 Å². The zero-order valence-corrected chi connectivity index (χ0v) is 13.8. The van der Waals surface area contributed by atoms with E-state index in [0.29, 0.717) is 12.6 Å². The second-order valence-corrected chi connectivity index (χ2v) is 7.49. The fourth-order valence-electron chi connectivity index (χ4n) is 3.54. The Labute approximate surface area is 123 Å². The van der Waals surface area contributed by atoms with E-state index in [-0.39, 0.29) is 11.5 Å². The number of aromatic nitrogens is 2. The molecule has 0 aromatic carbocycles. The number of nitrogens with two attached hydrogens (primary N) is 1. The van der Waals surface area contributed by atoms with E-state index < -0.39 is 0 Å². The van der Waals surface area contributed by atoms with Gasteiger partial charge in [0.15, 0.2) is 0 Å². The van der Waals surface area contributed by atoms with Gasteiger partial charge in [0, 0.05) is 43.4 Å². The lowest BCUT2D eigenvalue weighted by Gasteiger charge is -2.32. The van der Waals surface area contributed by atoms with Gasteiger partial charge in [-0.1, -0.05) is 27.7 Å². The molecule has 20 heavy (non-hydrogen) atoms. The first-order valence-electron chi connectivity index (χ1n) is 7.73. The van der Waals surface area contributed by atoms with Crippen molar-refractivity contribution < 1.29 is 0 Å². The minimum atomic E-state index is 0.0542. The SMILES string of the molecule is CC1CC(C)N(C(CN)c2cn(C)nc2C(C)(C)C)C1. The van der Waals surface area contributed by atoms with Gasteiger partial charge in [-0.15, -0.1) is 0 Å². The van der Waals surface area contributed by atoms with E-state index in [4.69, 9.17) is 10.8 Å². The molecule has 114 valence electrons. The first-order valence-corrected chi connectivity index (χ1v) is 7.73. The minimum Gasteiger partial charge on any atom is -0.329 e. The summed E-state index contributed by atoms with van der Waals surface area (Å²) in [6.45, 7) is 13.1. The van der Waals surface area contributed by atoms with Crippen molar-refractivity contribution in [2.24, 2.45) is 18.7 Å². The molecule has 1 aromatic rings. The normalized spacial score (nSPS) is 26.1. The van der Waals surface area contributed by atoms with Crippen molar-refractivity contribution in [3.05, 3.63) is 17.5 Å². The Morgan fingerprint density at radius 3 is 2.50 bits per heavy atom. The van der Waals surface area contributed by atoms with Crippen LogP contribution in [-0.2, 0) is 12.5 Å². The summed E-state index contributed by atoms with van der Waals surface area (Å²) >= 11 is 0. The van der Waals surface area contributed by atoms with Crippen LogP contribution in [0.25, 0.3) is 0 Å². The largest absolute Gasteiger partial charge is 0.329 e. The predicted molar refractivity (Wildman–Crippen MR) is 83.7 cm³/mol. The molecule has 0 radical (unpaired) electrons. The Kier molecular flexibility index (Phi) is 4.26. The smallest absolute Gasteiger partial charge is 0.0726 e. The third-order valence-corrected chi connectivity index (χ3v) is 4.38. The van der Waals surface area contributed by atoms with E-state index in [2.05, 4.69) is 45.7 Å². The fourth-order valence-corrected chi connectivity index (χ4v) is 3.54. The van der Waals surface area contributed by atoms with Crippen LogP contribution in [0.2, 0.25) is 0 Å². The molecule has 4 nitrogen and oxygen atoms in total. The fraction of sp³-hybridized carbons (Fsp3) is 0.812. The molecule has 2 heterocycles. The predicted octanol–water partition coefficient (Wildman–Crippen LogP) is 2.45. The third kappa shape index (κ3) is 2.91. The summed E-state index contributed by atoms with van der Waals surface area (Å²) in [6.07, 6.45) is 3.43. The van der Waals surface area contributed by atoms with E-state index >= 15 is 0 Å². The highest BCUT2D eigenvalue weighted by molar-refractivity contribution is 5.28. The lowest BCUT2D eigenvalue weighted by atomic mass is 9.87. The van der Waals surface area contributed by atoms with Gasteiger partial charge in [0.25, 0.3) is 0 Å². The number of hydrogen-bond acceptors (Lipinski definition) is 3. The molecule has 3 atom stereocenters. The van der Waals surface area contributed by atoms with Crippen molar-refractivity contribution in [3.8, 4) is 0 Å². The number of hydrogen-bond donors (Lipinski definition) is 1. The van der Waals surface area contributed by atoms with Crippen LogP contribution in [0.3, 0.4) is 0 Å². The topological polar surface area (TPSA) is 47.1 Å². The summed E-state index contributed by atoms with van der Waals surface area (Å²) in [6, 6.07) is 0.893. The van der Waals surface area contributed by atoms with E-state index in [1.807, 2.05) is 11.7 Å². The quantitative estimate of drug-likeness (QED) is 0.924. The van der Waals surface area contributed by atoms with Gasteiger partial charge >= 0.3 is 0 Å². The second kappa shape index (κ2) is 5.49. The first kappa shape index (κ1) is 15.5. The molecule has 2 rings (SSSR count). The molecule has 1 aliphatic heterocycles. The third-order valence-electron chi connectivity index (χ3n) is 4.38. The van der Waals surface area contributed by atoms with Crippen LogP contribution in [0.5, 0.6) is 0 Å². The average molecular weight is 278 g/mol. The van der Waals surface area contributed by atoms with Crippen LogP contribution in [0.4, 0.5) is 0 Å². The van der Waals surface area contributed by atoms with Gasteiger partial charge in [-0.3, -0.25) is 9.58 Å². The molecule has 0 saturated carbocycles.